The van der Waals surface area contributed by atoms with Gasteiger partial charge in [-0.3, -0.25) is 9.59 Å². The first kappa shape index (κ1) is 17.1. The van der Waals surface area contributed by atoms with E-state index in [0.717, 1.165) is 12.0 Å². The van der Waals surface area contributed by atoms with Gasteiger partial charge in [-0.2, -0.15) is 0 Å². The van der Waals surface area contributed by atoms with E-state index in [4.69, 9.17) is 0 Å². The molecule has 1 saturated carbocycles. The summed E-state index contributed by atoms with van der Waals surface area (Å²) in [7, 11) is 0. The summed E-state index contributed by atoms with van der Waals surface area (Å²) in [5.41, 5.74) is 1.15. The molecule has 2 nitrogen and oxygen atoms in total. The van der Waals surface area contributed by atoms with Gasteiger partial charge in [0, 0.05) is 11.8 Å². The standard InChI is InChI=1S/C22H28O2/c1-20(2,3)17-13-22(21(4,5)6)16(14-10-8-7-9-11-14)12-15(17)18(23)19(22)24/h7-11,13,15-16H,12H2,1-6H3/t15?,16-,22+/m1/s1. The summed E-state index contributed by atoms with van der Waals surface area (Å²) in [6.45, 7) is 12.7. The molecule has 0 saturated heterocycles. The molecular weight excluding hydrogens is 296 g/mol. The minimum absolute atomic E-state index is 0.0694. The predicted octanol–water partition coefficient (Wildman–Crippen LogP) is 4.95. The molecule has 3 aliphatic carbocycles. The normalized spacial score (nSPS) is 30.5. The lowest BCUT2D eigenvalue weighted by Gasteiger charge is -2.56. The Balaban J connectivity index is 2.29. The van der Waals surface area contributed by atoms with Crippen LogP contribution in [0.2, 0.25) is 0 Å². The lowest BCUT2D eigenvalue weighted by Crippen LogP contribution is -2.59. The third-order valence-corrected chi connectivity index (χ3v) is 6.00. The summed E-state index contributed by atoms with van der Waals surface area (Å²) < 4.78 is 0. The van der Waals surface area contributed by atoms with Gasteiger partial charge < -0.3 is 0 Å². The van der Waals surface area contributed by atoms with Crippen molar-refractivity contribution in [3.8, 4) is 0 Å². The van der Waals surface area contributed by atoms with Crippen LogP contribution in [0.25, 0.3) is 0 Å². The minimum atomic E-state index is -0.747. The smallest absolute Gasteiger partial charge is 0.210 e. The van der Waals surface area contributed by atoms with Gasteiger partial charge in [0.15, 0.2) is 0 Å². The van der Waals surface area contributed by atoms with Crippen molar-refractivity contribution in [3.63, 3.8) is 0 Å². The van der Waals surface area contributed by atoms with Gasteiger partial charge in [-0.1, -0.05) is 83.5 Å². The highest BCUT2D eigenvalue weighted by Gasteiger charge is 2.63. The quantitative estimate of drug-likeness (QED) is 0.541. The SMILES string of the molecule is CC(C)(C)C1=C[C@@]2(C(C)(C)C)C(=O)C(=O)C1C[C@@H]2c1ccccc1. The monoisotopic (exact) mass is 324 g/mol. The fourth-order valence-electron chi connectivity index (χ4n) is 4.73. The highest BCUT2D eigenvalue weighted by atomic mass is 16.2. The summed E-state index contributed by atoms with van der Waals surface area (Å²) in [5, 5.41) is 0. The molecule has 2 heteroatoms. The second-order valence-corrected chi connectivity index (χ2v) is 9.41. The average Bonchev–Trinajstić information content (AvgIpc) is 2.50. The summed E-state index contributed by atoms with van der Waals surface area (Å²) in [6, 6.07) is 10.2. The molecule has 1 unspecified atom stereocenters. The van der Waals surface area contributed by atoms with E-state index in [-0.39, 0.29) is 34.2 Å². The van der Waals surface area contributed by atoms with Crippen molar-refractivity contribution < 1.29 is 9.59 Å². The summed E-state index contributed by atoms with van der Waals surface area (Å²) >= 11 is 0. The number of ketones is 2. The van der Waals surface area contributed by atoms with Crippen LogP contribution in [0.15, 0.2) is 42.0 Å². The first-order valence-electron chi connectivity index (χ1n) is 8.87. The fourth-order valence-corrected chi connectivity index (χ4v) is 4.73. The lowest BCUT2D eigenvalue weighted by atomic mass is 9.44. The molecule has 0 N–H and O–H groups in total. The van der Waals surface area contributed by atoms with Crippen LogP contribution in [-0.2, 0) is 9.59 Å². The Morgan fingerprint density at radius 3 is 2.04 bits per heavy atom. The first-order valence-corrected chi connectivity index (χ1v) is 8.87. The van der Waals surface area contributed by atoms with Crippen molar-refractivity contribution in [2.45, 2.75) is 53.9 Å². The number of hydrogen-bond acceptors (Lipinski definition) is 2. The summed E-state index contributed by atoms with van der Waals surface area (Å²) in [4.78, 5) is 26.1. The van der Waals surface area contributed by atoms with Crippen molar-refractivity contribution in [1.29, 1.82) is 0 Å². The Bertz CT molecular complexity index is 713. The van der Waals surface area contributed by atoms with Crippen LogP contribution < -0.4 is 0 Å². The number of fused-ring (bicyclic) bond motifs is 2. The maximum atomic E-state index is 13.2. The molecule has 0 aromatic heterocycles. The Labute approximate surface area is 145 Å². The summed E-state index contributed by atoms with van der Waals surface area (Å²) in [6.07, 6.45) is 2.93. The first-order chi connectivity index (χ1) is 11.0. The van der Waals surface area contributed by atoms with Crippen LogP contribution in [0.3, 0.4) is 0 Å². The molecule has 4 rings (SSSR count). The maximum Gasteiger partial charge on any atom is 0.210 e. The Morgan fingerprint density at radius 2 is 1.54 bits per heavy atom. The number of carbonyl (C=O) groups is 2. The zero-order valence-corrected chi connectivity index (χ0v) is 15.6. The van der Waals surface area contributed by atoms with Gasteiger partial charge in [-0.05, 0) is 22.8 Å². The number of hydrogen-bond donors (Lipinski definition) is 0. The van der Waals surface area contributed by atoms with Crippen LogP contribution in [-0.4, -0.2) is 11.6 Å². The topological polar surface area (TPSA) is 34.1 Å². The van der Waals surface area contributed by atoms with Gasteiger partial charge in [0.05, 0.1) is 5.41 Å². The van der Waals surface area contributed by atoms with Gasteiger partial charge in [-0.25, -0.2) is 0 Å². The molecule has 1 aromatic carbocycles. The number of benzene rings is 1. The summed E-state index contributed by atoms with van der Waals surface area (Å²) in [5.74, 6) is -0.551. The predicted molar refractivity (Wildman–Crippen MR) is 96.7 cm³/mol. The van der Waals surface area contributed by atoms with Crippen molar-refractivity contribution in [2.75, 3.05) is 0 Å². The van der Waals surface area contributed by atoms with Crippen LogP contribution in [0.1, 0.15) is 59.4 Å². The Morgan fingerprint density at radius 1 is 0.958 bits per heavy atom. The second-order valence-electron chi connectivity index (χ2n) is 9.41. The molecule has 128 valence electrons. The molecule has 0 aliphatic heterocycles. The molecule has 3 atom stereocenters. The molecule has 2 bridgehead atoms. The Kier molecular flexibility index (Phi) is 3.67. The molecule has 3 aliphatic rings. The molecule has 0 amide bonds. The molecule has 1 aromatic rings. The lowest BCUT2D eigenvalue weighted by molar-refractivity contribution is -0.153. The highest BCUT2D eigenvalue weighted by molar-refractivity contribution is 6.43. The van der Waals surface area contributed by atoms with Gasteiger partial charge in [-0.15, -0.1) is 0 Å². The number of allylic oxidation sites excluding steroid dienone is 2. The van der Waals surface area contributed by atoms with Gasteiger partial charge >= 0.3 is 0 Å². The van der Waals surface area contributed by atoms with Gasteiger partial charge in [0.25, 0.3) is 0 Å². The number of rotatable bonds is 1. The van der Waals surface area contributed by atoms with Crippen molar-refractivity contribution in [1.82, 2.24) is 0 Å². The van der Waals surface area contributed by atoms with E-state index in [1.165, 1.54) is 5.56 Å². The molecule has 1 fully saturated rings. The van der Waals surface area contributed by atoms with Gasteiger partial charge in [0.1, 0.15) is 0 Å². The molecule has 0 spiro atoms. The van der Waals surface area contributed by atoms with E-state index in [2.05, 4.69) is 59.8 Å². The van der Waals surface area contributed by atoms with Crippen LogP contribution >= 0.6 is 0 Å². The zero-order valence-electron chi connectivity index (χ0n) is 15.6. The second kappa shape index (κ2) is 5.15. The zero-order chi connectivity index (χ0) is 17.9. The molecule has 0 radical (unpaired) electrons. The average molecular weight is 324 g/mol. The third-order valence-electron chi connectivity index (χ3n) is 6.00. The van der Waals surface area contributed by atoms with Crippen LogP contribution in [0.4, 0.5) is 0 Å². The molecule has 0 heterocycles. The van der Waals surface area contributed by atoms with Crippen molar-refractivity contribution in [2.24, 2.45) is 22.2 Å². The fraction of sp³-hybridized carbons (Fsp3) is 0.545. The highest BCUT2D eigenvalue weighted by Crippen LogP contribution is 2.62. The largest absolute Gasteiger partial charge is 0.290 e. The van der Waals surface area contributed by atoms with Crippen LogP contribution in [0, 0.1) is 22.2 Å². The third kappa shape index (κ3) is 2.22. The Hall–Kier alpha value is -1.70. The van der Waals surface area contributed by atoms with Crippen LogP contribution in [0.5, 0.6) is 0 Å². The van der Waals surface area contributed by atoms with E-state index in [9.17, 15) is 9.59 Å². The molecule has 24 heavy (non-hydrogen) atoms. The van der Waals surface area contributed by atoms with Crippen molar-refractivity contribution >= 4 is 11.6 Å². The van der Waals surface area contributed by atoms with E-state index in [1.807, 2.05) is 18.2 Å². The minimum Gasteiger partial charge on any atom is -0.290 e. The van der Waals surface area contributed by atoms with Gasteiger partial charge in [0.2, 0.25) is 11.6 Å². The number of carbonyl (C=O) groups excluding carboxylic acids is 2. The van der Waals surface area contributed by atoms with E-state index < -0.39 is 5.41 Å². The van der Waals surface area contributed by atoms with E-state index in [0.29, 0.717) is 0 Å². The molecular formula is C22H28O2. The maximum absolute atomic E-state index is 13.2. The van der Waals surface area contributed by atoms with Crippen molar-refractivity contribution in [3.05, 3.63) is 47.5 Å². The van der Waals surface area contributed by atoms with E-state index >= 15 is 0 Å². The van der Waals surface area contributed by atoms with E-state index in [1.54, 1.807) is 0 Å². The number of Topliss-reactive ketones (excluding diaryl/α,β-unsaturated/α-hetero) is 2.